The molecule has 1 heterocycles. The van der Waals surface area contributed by atoms with E-state index < -0.39 is 15.4 Å². The quantitative estimate of drug-likeness (QED) is 0.856. The Labute approximate surface area is 105 Å². The first kappa shape index (κ1) is 14.0. The average molecular weight is 280 g/mol. The summed E-state index contributed by atoms with van der Waals surface area (Å²) in [5.41, 5.74) is -0.0888. The van der Waals surface area contributed by atoms with Crippen LogP contribution in [0.15, 0.2) is 11.0 Å². The Bertz CT molecular complexity index is 567. The Morgan fingerprint density at radius 3 is 2.71 bits per heavy atom. The molecule has 1 N–H and O–H groups in total. The number of hydrogen-bond donors (Lipinski definition) is 1. The molecule has 0 saturated carbocycles. The summed E-state index contributed by atoms with van der Waals surface area (Å²) in [5, 5.41) is 6.65. The highest BCUT2D eigenvalue weighted by Gasteiger charge is 2.13. The van der Waals surface area contributed by atoms with Crippen molar-refractivity contribution >= 4 is 27.1 Å². The summed E-state index contributed by atoms with van der Waals surface area (Å²) in [5.74, 6) is -0.0431. The SMILES string of the molecule is CC(CS(C)(=O)=O)Nc1cnn(C)c(=O)c1Cl. The van der Waals surface area contributed by atoms with E-state index in [9.17, 15) is 13.2 Å². The van der Waals surface area contributed by atoms with Crippen molar-refractivity contribution < 1.29 is 8.42 Å². The molecule has 0 saturated heterocycles. The minimum Gasteiger partial charge on any atom is -0.379 e. The van der Waals surface area contributed by atoms with Crippen molar-refractivity contribution in [3.8, 4) is 0 Å². The number of aryl methyl sites for hydroxylation is 1. The highest BCUT2D eigenvalue weighted by molar-refractivity contribution is 7.90. The van der Waals surface area contributed by atoms with E-state index in [0.29, 0.717) is 5.69 Å². The van der Waals surface area contributed by atoms with E-state index in [1.165, 1.54) is 13.2 Å². The van der Waals surface area contributed by atoms with Gasteiger partial charge in [0.1, 0.15) is 14.9 Å². The predicted octanol–water partition coefficient (Wildman–Crippen LogP) is 0.279. The van der Waals surface area contributed by atoms with E-state index in [-0.39, 0.29) is 16.8 Å². The second kappa shape index (κ2) is 5.05. The molecule has 0 fully saturated rings. The van der Waals surface area contributed by atoms with Crippen molar-refractivity contribution in [1.82, 2.24) is 9.78 Å². The zero-order valence-corrected chi connectivity index (χ0v) is 11.3. The first-order chi connectivity index (χ1) is 7.70. The molecule has 0 aromatic carbocycles. The fourth-order valence-electron chi connectivity index (χ4n) is 1.37. The van der Waals surface area contributed by atoms with Crippen LogP contribution in [-0.2, 0) is 16.9 Å². The molecule has 0 bridgehead atoms. The zero-order valence-electron chi connectivity index (χ0n) is 9.77. The summed E-state index contributed by atoms with van der Waals surface area (Å²) < 4.78 is 23.3. The molecule has 1 atom stereocenters. The number of anilines is 1. The molecule has 0 radical (unpaired) electrons. The van der Waals surface area contributed by atoms with Gasteiger partial charge in [-0.05, 0) is 6.92 Å². The van der Waals surface area contributed by atoms with E-state index >= 15 is 0 Å². The maximum absolute atomic E-state index is 11.5. The molecular weight excluding hydrogens is 266 g/mol. The summed E-state index contributed by atoms with van der Waals surface area (Å²) >= 11 is 5.83. The number of aromatic nitrogens is 2. The lowest BCUT2D eigenvalue weighted by atomic mass is 10.3. The highest BCUT2D eigenvalue weighted by atomic mass is 35.5. The van der Waals surface area contributed by atoms with Crippen molar-refractivity contribution in [1.29, 1.82) is 0 Å². The zero-order chi connectivity index (χ0) is 13.2. The van der Waals surface area contributed by atoms with Crippen molar-refractivity contribution in [2.24, 2.45) is 7.05 Å². The molecule has 1 rings (SSSR count). The molecule has 1 aromatic rings. The molecule has 0 spiro atoms. The summed E-state index contributed by atoms with van der Waals surface area (Å²) in [4.78, 5) is 11.5. The van der Waals surface area contributed by atoms with Gasteiger partial charge in [-0.1, -0.05) is 11.6 Å². The van der Waals surface area contributed by atoms with Gasteiger partial charge in [0.05, 0.1) is 17.6 Å². The molecule has 1 aromatic heterocycles. The Hall–Kier alpha value is -1.08. The van der Waals surface area contributed by atoms with Crippen molar-refractivity contribution in [3.05, 3.63) is 21.6 Å². The van der Waals surface area contributed by atoms with Crippen LogP contribution in [0.5, 0.6) is 0 Å². The predicted molar refractivity (Wildman–Crippen MR) is 67.3 cm³/mol. The summed E-state index contributed by atoms with van der Waals surface area (Å²) in [6, 6.07) is -0.351. The van der Waals surface area contributed by atoms with Crippen LogP contribution in [0.4, 0.5) is 5.69 Å². The fourth-order valence-corrected chi connectivity index (χ4v) is 2.59. The molecule has 0 amide bonds. The molecule has 6 nitrogen and oxygen atoms in total. The van der Waals surface area contributed by atoms with Crippen molar-refractivity contribution in [2.75, 3.05) is 17.3 Å². The molecule has 96 valence electrons. The van der Waals surface area contributed by atoms with E-state index in [1.807, 2.05) is 0 Å². The van der Waals surface area contributed by atoms with Gasteiger partial charge < -0.3 is 5.32 Å². The Morgan fingerprint density at radius 2 is 2.18 bits per heavy atom. The van der Waals surface area contributed by atoms with Crippen LogP contribution in [0.1, 0.15) is 6.92 Å². The number of nitrogens with one attached hydrogen (secondary N) is 1. The third-order valence-electron chi connectivity index (χ3n) is 2.03. The number of sulfone groups is 1. The van der Waals surface area contributed by atoms with Gasteiger partial charge >= 0.3 is 0 Å². The summed E-state index contributed by atoms with van der Waals surface area (Å²) in [6.45, 7) is 1.69. The lowest BCUT2D eigenvalue weighted by molar-refractivity contribution is 0.598. The van der Waals surface area contributed by atoms with Gasteiger partial charge in [-0.25, -0.2) is 13.1 Å². The lowest BCUT2D eigenvalue weighted by Crippen LogP contribution is -2.27. The van der Waals surface area contributed by atoms with Crippen LogP contribution in [0.3, 0.4) is 0 Å². The van der Waals surface area contributed by atoms with Crippen molar-refractivity contribution in [2.45, 2.75) is 13.0 Å². The maximum Gasteiger partial charge on any atom is 0.287 e. The normalized spacial score (nSPS) is 13.4. The molecular formula is C9H14ClN3O3S. The number of rotatable bonds is 4. The van der Waals surface area contributed by atoms with Gasteiger partial charge in [-0.2, -0.15) is 5.10 Å². The van der Waals surface area contributed by atoms with E-state index in [1.54, 1.807) is 6.92 Å². The lowest BCUT2D eigenvalue weighted by Gasteiger charge is -2.14. The molecule has 0 aliphatic heterocycles. The molecule has 1 unspecified atom stereocenters. The van der Waals surface area contributed by atoms with Crippen LogP contribution in [0.2, 0.25) is 5.02 Å². The first-order valence-electron chi connectivity index (χ1n) is 4.87. The van der Waals surface area contributed by atoms with Crippen LogP contribution in [0.25, 0.3) is 0 Å². The van der Waals surface area contributed by atoms with Crippen LogP contribution in [0, 0.1) is 0 Å². The largest absolute Gasteiger partial charge is 0.379 e. The van der Waals surface area contributed by atoms with Gasteiger partial charge in [-0.15, -0.1) is 0 Å². The topological polar surface area (TPSA) is 81.1 Å². The monoisotopic (exact) mass is 279 g/mol. The first-order valence-corrected chi connectivity index (χ1v) is 7.30. The minimum atomic E-state index is -3.08. The van der Waals surface area contributed by atoms with Crippen LogP contribution in [-0.4, -0.2) is 36.2 Å². The molecule has 0 aliphatic carbocycles. The van der Waals surface area contributed by atoms with Crippen LogP contribution >= 0.6 is 11.6 Å². The average Bonchev–Trinajstić information content (AvgIpc) is 2.16. The van der Waals surface area contributed by atoms with Gasteiger partial charge in [-0.3, -0.25) is 4.79 Å². The van der Waals surface area contributed by atoms with Gasteiger partial charge in [0.2, 0.25) is 0 Å². The maximum atomic E-state index is 11.5. The fraction of sp³-hybridized carbons (Fsp3) is 0.556. The second-order valence-electron chi connectivity index (χ2n) is 3.94. The number of hydrogen-bond acceptors (Lipinski definition) is 5. The minimum absolute atomic E-state index is 0.00264. The Balaban J connectivity index is 2.90. The van der Waals surface area contributed by atoms with E-state index in [4.69, 9.17) is 11.6 Å². The van der Waals surface area contributed by atoms with E-state index in [0.717, 1.165) is 10.9 Å². The third kappa shape index (κ3) is 4.01. The molecule has 17 heavy (non-hydrogen) atoms. The third-order valence-corrected chi connectivity index (χ3v) is 3.50. The van der Waals surface area contributed by atoms with E-state index in [2.05, 4.69) is 10.4 Å². The summed E-state index contributed by atoms with van der Waals surface area (Å²) in [6.07, 6.45) is 2.54. The van der Waals surface area contributed by atoms with Crippen LogP contribution < -0.4 is 10.9 Å². The number of nitrogens with zero attached hydrogens (tertiary/aromatic N) is 2. The van der Waals surface area contributed by atoms with Gasteiger partial charge in [0.25, 0.3) is 5.56 Å². The summed E-state index contributed by atoms with van der Waals surface area (Å²) in [7, 11) is -1.60. The molecule has 0 aliphatic rings. The number of halogens is 1. The standard InChI is InChI=1S/C9H14ClN3O3S/c1-6(5-17(3,15)16)12-7-4-11-13(2)9(14)8(7)10/h4,6,12H,5H2,1-3H3. The highest BCUT2D eigenvalue weighted by Crippen LogP contribution is 2.16. The van der Waals surface area contributed by atoms with Gasteiger partial charge in [0.15, 0.2) is 0 Å². The van der Waals surface area contributed by atoms with Gasteiger partial charge in [0, 0.05) is 19.3 Å². The second-order valence-corrected chi connectivity index (χ2v) is 6.50. The Morgan fingerprint density at radius 1 is 1.59 bits per heavy atom. The Kier molecular flexibility index (Phi) is 4.16. The molecule has 8 heteroatoms. The smallest absolute Gasteiger partial charge is 0.287 e. The van der Waals surface area contributed by atoms with Crippen molar-refractivity contribution in [3.63, 3.8) is 0 Å².